The third kappa shape index (κ3) is 5.51. The number of anilines is 3. The molecule has 10 aromatic rings. The number of hydrogen-bond donors (Lipinski definition) is 0. The average molecular weight is 674 g/mol. The third-order valence-electron chi connectivity index (χ3n) is 10.6. The molecule has 0 aromatic heterocycles. The molecule has 0 radical (unpaired) electrons. The predicted molar refractivity (Wildman–Crippen MR) is 227 cm³/mol. The van der Waals surface area contributed by atoms with E-state index < -0.39 is 0 Å². The molecule has 0 unspecified atom stereocenters. The van der Waals surface area contributed by atoms with E-state index in [0.717, 1.165) is 17.1 Å². The van der Waals surface area contributed by atoms with Crippen molar-refractivity contribution in [2.75, 3.05) is 4.90 Å². The normalized spacial score (nSPS) is 11.4. The number of fused-ring (bicyclic) bond motifs is 6. The molecule has 0 aliphatic heterocycles. The Bertz CT molecular complexity index is 2920. The van der Waals surface area contributed by atoms with Crippen molar-refractivity contribution in [3.63, 3.8) is 0 Å². The first kappa shape index (κ1) is 30.8. The number of nitrogens with zero attached hydrogens (tertiary/aromatic N) is 1. The largest absolute Gasteiger partial charge is 0.310 e. The van der Waals surface area contributed by atoms with Crippen LogP contribution in [0.1, 0.15) is 0 Å². The van der Waals surface area contributed by atoms with E-state index in [2.05, 4.69) is 217 Å². The zero-order valence-corrected chi connectivity index (χ0v) is 29.2. The van der Waals surface area contributed by atoms with Crippen molar-refractivity contribution in [3.05, 3.63) is 212 Å². The smallest absolute Gasteiger partial charge is 0.0468 e. The molecule has 0 saturated heterocycles. The number of hydrogen-bond acceptors (Lipinski definition) is 1. The number of benzene rings is 10. The van der Waals surface area contributed by atoms with Gasteiger partial charge in [0.15, 0.2) is 0 Å². The Labute approximate surface area is 309 Å². The van der Waals surface area contributed by atoms with Crippen LogP contribution in [0.5, 0.6) is 0 Å². The van der Waals surface area contributed by atoms with E-state index in [4.69, 9.17) is 0 Å². The summed E-state index contributed by atoms with van der Waals surface area (Å²) in [7, 11) is 0. The standard InChI is InChI=1S/C52H35N/c1-3-12-38(13-4-1)52-35-44(30-33-50(52)47-21-11-16-37-14-7-9-19-45(37)47)53(42-17-5-2-6-18-42)43-28-24-36(25-29-43)41-23-22-40-27-31-48-46-20-10-8-15-39(46)26-32-49(48)51(40)34-41/h1-35H. The van der Waals surface area contributed by atoms with Crippen LogP contribution in [0, 0.1) is 0 Å². The van der Waals surface area contributed by atoms with E-state index in [1.165, 1.54) is 76.5 Å². The lowest BCUT2D eigenvalue weighted by Gasteiger charge is -2.27. The maximum Gasteiger partial charge on any atom is 0.0468 e. The summed E-state index contributed by atoms with van der Waals surface area (Å²) < 4.78 is 0. The molecule has 0 fully saturated rings. The highest BCUT2D eigenvalue weighted by atomic mass is 15.1. The molecule has 0 N–H and O–H groups in total. The molecule has 0 atom stereocenters. The molecule has 0 heterocycles. The fourth-order valence-corrected chi connectivity index (χ4v) is 8.05. The highest BCUT2D eigenvalue weighted by molar-refractivity contribution is 6.17. The second kappa shape index (κ2) is 13.0. The maximum absolute atomic E-state index is 2.36. The second-order valence-electron chi connectivity index (χ2n) is 13.7. The Morgan fingerprint density at radius 2 is 0.774 bits per heavy atom. The third-order valence-corrected chi connectivity index (χ3v) is 10.6. The molecule has 0 spiro atoms. The van der Waals surface area contributed by atoms with Crippen LogP contribution in [0.25, 0.3) is 76.5 Å². The molecule has 1 heteroatoms. The van der Waals surface area contributed by atoms with Crippen molar-refractivity contribution in [2.45, 2.75) is 0 Å². The molecule has 53 heavy (non-hydrogen) atoms. The van der Waals surface area contributed by atoms with Crippen molar-refractivity contribution in [1.29, 1.82) is 0 Å². The molecule has 248 valence electrons. The lowest BCUT2D eigenvalue weighted by Crippen LogP contribution is -2.10. The first-order valence-corrected chi connectivity index (χ1v) is 18.3. The van der Waals surface area contributed by atoms with Crippen LogP contribution in [-0.4, -0.2) is 0 Å². The van der Waals surface area contributed by atoms with Crippen molar-refractivity contribution >= 4 is 60.2 Å². The quantitative estimate of drug-likeness (QED) is 0.159. The maximum atomic E-state index is 2.36. The molecule has 0 aliphatic carbocycles. The Kier molecular flexibility index (Phi) is 7.55. The summed E-state index contributed by atoms with van der Waals surface area (Å²) in [6.45, 7) is 0. The molecule has 0 amide bonds. The summed E-state index contributed by atoms with van der Waals surface area (Å²) in [5, 5.41) is 10.2. The van der Waals surface area contributed by atoms with Gasteiger partial charge in [0.2, 0.25) is 0 Å². The molecular weight excluding hydrogens is 639 g/mol. The molecule has 0 saturated carbocycles. The van der Waals surface area contributed by atoms with E-state index in [1.807, 2.05) is 0 Å². The monoisotopic (exact) mass is 673 g/mol. The van der Waals surface area contributed by atoms with Crippen molar-refractivity contribution < 1.29 is 0 Å². The first-order valence-electron chi connectivity index (χ1n) is 18.3. The SMILES string of the molecule is c1ccc(-c2cc(N(c3ccccc3)c3ccc(-c4ccc5ccc6c7ccccc7ccc6c5c4)cc3)ccc2-c2cccc3ccccc23)cc1. The molecular formula is C52H35N. The fourth-order valence-electron chi connectivity index (χ4n) is 8.05. The van der Waals surface area contributed by atoms with Gasteiger partial charge >= 0.3 is 0 Å². The van der Waals surface area contributed by atoms with E-state index >= 15 is 0 Å². The van der Waals surface area contributed by atoms with Crippen LogP contribution in [0.15, 0.2) is 212 Å². The van der Waals surface area contributed by atoms with Gasteiger partial charge in [0.1, 0.15) is 0 Å². The highest BCUT2D eigenvalue weighted by Gasteiger charge is 2.17. The molecule has 0 aliphatic rings. The van der Waals surface area contributed by atoms with Crippen LogP contribution in [0.4, 0.5) is 17.1 Å². The molecule has 10 rings (SSSR count). The molecule has 10 aromatic carbocycles. The topological polar surface area (TPSA) is 3.24 Å². The van der Waals surface area contributed by atoms with E-state index in [-0.39, 0.29) is 0 Å². The highest BCUT2D eigenvalue weighted by Crippen LogP contribution is 2.43. The van der Waals surface area contributed by atoms with E-state index in [9.17, 15) is 0 Å². The van der Waals surface area contributed by atoms with Gasteiger partial charge in [-0.2, -0.15) is 0 Å². The average Bonchev–Trinajstić information content (AvgIpc) is 3.24. The van der Waals surface area contributed by atoms with E-state index in [1.54, 1.807) is 0 Å². The Morgan fingerprint density at radius 1 is 0.226 bits per heavy atom. The van der Waals surface area contributed by atoms with Crippen LogP contribution < -0.4 is 4.90 Å². The minimum Gasteiger partial charge on any atom is -0.310 e. The van der Waals surface area contributed by atoms with Gasteiger partial charge in [0.05, 0.1) is 0 Å². The van der Waals surface area contributed by atoms with Crippen molar-refractivity contribution in [1.82, 2.24) is 0 Å². The van der Waals surface area contributed by atoms with Crippen LogP contribution in [-0.2, 0) is 0 Å². The summed E-state index contributed by atoms with van der Waals surface area (Å²) in [5.41, 5.74) is 10.6. The second-order valence-corrected chi connectivity index (χ2v) is 13.7. The van der Waals surface area contributed by atoms with Crippen LogP contribution >= 0.6 is 0 Å². The Morgan fingerprint density at radius 3 is 1.55 bits per heavy atom. The molecule has 1 nitrogen and oxygen atoms in total. The molecule has 0 bridgehead atoms. The van der Waals surface area contributed by atoms with Crippen molar-refractivity contribution in [2.24, 2.45) is 0 Å². The van der Waals surface area contributed by atoms with Gasteiger partial charge in [-0.3, -0.25) is 0 Å². The van der Waals surface area contributed by atoms with Gasteiger partial charge in [-0.25, -0.2) is 0 Å². The predicted octanol–water partition coefficient (Wildman–Crippen LogP) is 14.8. The van der Waals surface area contributed by atoms with Gasteiger partial charge in [-0.15, -0.1) is 0 Å². The summed E-state index contributed by atoms with van der Waals surface area (Å²) in [6.07, 6.45) is 0. The minimum absolute atomic E-state index is 1.11. The summed E-state index contributed by atoms with van der Waals surface area (Å²) in [5.74, 6) is 0. The van der Waals surface area contributed by atoms with Crippen molar-refractivity contribution in [3.8, 4) is 33.4 Å². The van der Waals surface area contributed by atoms with Gasteiger partial charge in [0, 0.05) is 17.1 Å². The van der Waals surface area contributed by atoms with Gasteiger partial charge in [0.25, 0.3) is 0 Å². The lowest BCUT2D eigenvalue weighted by molar-refractivity contribution is 1.28. The van der Waals surface area contributed by atoms with Gasteiger partial charge in [-0.05, 0) is 119 Å². The zero-order valence-electron chi connectivity index (χ0n) is 29.2. The summed E-state index contributed by atoms with van der Waals surface area (Å²) in [6, 6.07) is 77.2. The Balaban J connectivity index is 1.09. The summed E-state index contributed by atoms with van der Waals surface area (Å²) >= 11 is 0. The van der Waals surface area contributed by atoms with Crippen LogP contribution in [0.3, 0.4) is 0 Å². The first-order chi connectivity index (χ1) is 26.3. The van der Waals surface area contributed by atoms with Gasteiger partial charge in [-0.1, -0.05) is 170 Å². The van der Waals surface area contributed by atoms with E-state index in [0.29, 0.717) is 0 Å². The van der Waals surface area contributed by atoms with Crippen LogP contribution in [0.2, 0.25) is 0 Å². The van der Waals surface area contributed by atoms with Gasteiger partial charge < -0.3 is 4.90 Å². The fraction of sp³-hybridized carbons (Fsp3) is 0. The Hall–Kier alpha value is -6.96. The number of rotatable bonds is 6. The summed E-state index contributed by atoms with van der Waals surface area (Å²) in [4.78, 5) is 2.36. The zero-order chi connectivity index (χ0) is 35.1. The lowest BCUT2D eigenvalue weighted by atomic mass is 9.90. The minimum atomic E-state index is 1.11. The number of para-hydroxylation sites is 1.